The van der Waals surface area contributed by atoms with Crippen molar-refractivity contribution in [3.05, 3.63) is 90.0 Å². The number of ether oxygens (including phenoxy) is 1. The fourth-order valence-corrected chi connectivity index (χ4v) is 3.82. The van der Waals surface area contributed by atoms with Crippen LogP contribution in [-0.2, 0) is 16.4 Å². The lowest BCUT2D eigenvalue weighted by Crippen LogP contribution is -2.24. The Balaban J connectivity index is 1.70. The first kappa shape index (κ1) is 22.1. The van der Waals surface area contributed by atoms with Crippen LogP contribution in [0.4, 0.5) is 5.69 Å². The SMILES string of the molecule is C#CCNS(=O)(=O)c1cccc(C(=O)Nc2ccccc2OCCc2ccccc2)c1. The van der Waals surface area contributed by atoms with Crippen LogP contribution in [-0.4, -0.2) is 27.5 Å². The van der Waals surface area contributed by atoms with Gasteiger partial charge in [-0.15, -0.1) is 6.42 Å². The number of hydrogen-bond donors (Lipinski definition) is 2. The lowest BCUT2D eigenvalue weighted by Gasteiger charge is -2.13. The molecule has 0 saturated carbocycles. The zero-order valence-corrected chi connectivity index (χ0v) is 17.6. The van der Waals surface area contributed by atoms with E-state index in [2.05, 4.69) is 16.0 Å². The molecule has 3 rings (SSSR count). The molecule has 1 amide bonds. The number of nitrogens with one attached hydrogen (secondary N) is 2. The van der Waals surface area contributed by atoms with Gasteiger partial charge >= 0.3 is 0 Å². The summed E-state index contributed by atoms with van der Waals surface area (Å²) in [6.45, 7) is 0.317. The molecule has 6 nitrogen and oxygen atoms in total. The smallest absolute Gasteiger partial charge is 0.255 e. The Morgan fingerprint density at radius 3 is 2.48 bits per heavy atom. The maximum atomic E-state index is 12.7. The summed E-state index contributed by atoms with van der Waals surface area (Å²) >= 11 is 0. The Morgan fingerprint density at radius 1 is 0.968 bits per heavy atom. The van der Waals surface area contributed by atoms with Gasteiger partial charge in [-0.2, -0.15) is 4.72 Å². The topological polar surface area (TPSA) is 84.5 Å². The first-order valence-electron chi connectivity index (χ1n) is 9.60. The Hall–Kier alpha value is -3.60. The zero-order chi connectivity index (χ0) is 22.1. The van der Waals surface area contributed by atoms with Gasteiger partial charge in [0.05, 0.1) is 23.7 Å². The molecule has 0 aliphatic rings. The van der Waals surface area contributed by atoms with Crippen LogP contribution in [0.2, 0.25) is 0 Å². The molecule has 0 aliphatic carbocycles. The van der Waals surface area contributed by atoms with Crippen LogP contribution in [0.5, 0.6) is 5.75 Å². The Morgan fingerprint density at radius 2 is 1.71 bits per heavy atom. The number of anilines is 1. The molecule has 2 N–H and O–H groups in total. The van der Waals surface area contributed by atoms with Crippen LogP contribution in [0.3, 0.4) is 0 Å². The Bertz CT molecular complexity index is 1190. The molecule has 0 aliphatic heterocycles. The fraction of sp³-hybridized carbons (Fsp3) is 0.125. The minimum absolute atomic E-state index is 0.0391. The predicted molar refractivity (Wildman–Crippen MR) is 120 cm³/mol. The van der Waals surface area contributed by atoms with Gasteiger partial charge in [-0.3, -0.25) is 4.79 Å². The number of para-hydroxylation sites is 2. The zero-order valence-electron chi connectivity index (χ0n) is 16.7. The number of rotatable bonds is 9. The van der Waals surface area contributed by atoms with Crippen molar-refractivity contribution in [2.24, 2.45) is 0 Å². The standard InChI is InChI=1S/C24H22N2O4S/c1-2-16-25-31(28,29)21-12-8-11-20(18-21)24(27)26-22-13-6-7-14-23(22)30-17-15-19-9-4-3-5-10-19/h1,3-14,18,25H,15-17H2,(H,26,27). The average molecular weight is 435 g/mol. The van der Waals surface area contributed by atoms with Gasteiger partial charge in [0.25, 0.3) is 5.91 Å². The van der Waals surface area contributed by atoms with Gasteiger partial charge < -0.3 is 10.1 Å². The van der Waals surface area contributed by atoms with Crippen molar-refractivity contribution in [3.8, 4) is 18.1 Å². The van der Waals surface area contributed by atoms with Crippen molar-refractivity contribution in [3.63, 3.8) is 0 Å². The number of carbonyl (C=O) groups is 1. The van der Waals surface area contributed by atoms with E-state index in [1.165, 1.54) is 24.3 Å². The van der Waals surface area contributed by atoms with Crippen molar-refractivity contribution >= 4 is 21.6 Å². The van der Waals surface area contributed by atoms with E-state index in [1.807, 2.05) is 36.4 Å². The van der Waals surface area contributed by atoms with Crippen molar-refractivity contribution in [1.29, 1.82) is 0 Å². The van der Waals surface area contributed by atoms with Crippen LogP contribution in [0.15, 0.2) is 83.8 Å². The van der Waals surface area contributed by atoms with Crippen molar-refractivity contribution in [1.82, 2.24) is 4.72 Å². The average Bonchev–Trinajstić information content (AvgIpc) is 2.79. The maximum absolute atomic E-state index is 12.7. The molecule has 0 bridgehead atoms. The molecule has 0 spiro atoms. The van der Waals surface area contributed by atoms with Crippen LogP contribution in [0.25, 0.3) is 0 Å². The first-order valence-corrected chi connectivity index (χ1v) is 11.1. The summed E-state index contributed by atoms with van der Waals surface area (Å²) in [6, 6.07) is 22.8. The minimum atomic E-state index is -3.80. The van der Waals surface area contributed by atoms with Gasteiger partial charge in [-0.1, -0.05) is 54.5 Å². The molecule has 3 aromatic carbocycles. The lowest BCUT2D eigenvalue weighted by atomic mass is 10.2. The summed E-state index contributed by atoms with van der Waals surface area (Å²) in [5.41, 5.74) is 1.85. The second-order valence-electron chi connectivity index (χ2n) is 6.59. The van der Waals surface area contributed by atoms with Gasteiger partial charge in [0.1, 0.15) is 5.75 Å². The van der Waals surface area contributed by atoms with Gasteiger partial charge in [-0.05, 0) is 35.9 Å². The van der Waals surface area contributed by atoms with Crippen LogP contribution in [0, 0.1) is 12.3 Å². The second-order valence-corrected chi connectivity index (χ2v) is 8.36. The largest absolute Gasteiger partial charge is 0.491 e. The molecule has 0 atom stereocenters. The molecule has 0 fully saturated rings. The third-order valence-electron chi connectivity index (χ3n) is 4.40. The van der Waals surface area contributed by atoms with E-state index in [0.29, 0.717) is 18.0 Å². The van der Waals surface area contributed by atoms with E-state index >= 15 is 0 Å². The molecule has 0 radical (unpaired) electrons. The van der Waals surface area contributed by atoms with E-state index in [-0.39, 0.29) is 17.0 Å². The number of amides is 1. The van der Waals surface area contributed by atoms with Crippen molar-refractivity contribution in [2.45, 2.75) is 11.3 Å². The molecule has 7 heteroatoms. The number of sulfonamides is 1. The molecular weight excluding hydrogens is 412 g/mol. The molecule has 3 aromatic rings. The van der Waals surface area contributed by atoms with Gasteiger partial charge in [0.2, 0.25) is 10.0 Å². The van der Waals surface area contributed by atoms with E-state index in [1.54, 1.807) is 18.2 Å². The lowest BCUT2D eigenvalue weighted by molar-refractivity contribution is 0.102. The van der Waals surface area contributed by atoms with Crippen molar-refractivity contribution in [2.75, 3.05) is 18.5 Å². The molecule has 0 heterocycles. The molecular formula is C24H22N2O4S. The van der Waals surface area contributed by atoms with Gasteiger partial charge in [-0.25, -0.2) is 8.42 Å². The Labute approximate surface area is 182 Å². The third-order valence-corrected chi connectivity index (χ3v) is 5.80. The predicted octanol–water partition coefficient (Wildman–Crippen LogP) is 3.47. The van der Waals surface area contributed by atoms with Gasteiger partial charge in [0, 0.05) is 12.0 Å². The summed E-state index contributed by atoms with van der Waals surface area (Å²) in [4.78, 5) is 12.7. The summed E-state index contributed by atoms with van der Waals surface area (Å²) in [6.07, 6.45) is 5.84. The summed E-state index contributed by atoms with van der Waals surface area (Å²) in [7, 11) is -3.80. The summed E-state index contributed by atoms with van der Waals surface area (Å²) in [5.74, 6) is 2.30. The van der Waals surface area contributed by atoms with Crippen LogP contribution < -0.4 is 14.8 Å². The molecule has 31 heavy (non-hydrogen) atoms. The second kappa shape index (κ2) is 10.4. The third kappa shape index (κ3) is 6.19. The summed E-state index contributed by atoms with van der Waals surface area (Å²) < 4.78 is 32.6. The highest BCUT2D eigenvalue weighted by molar-refractivity contribution is 7.89. The van der Waals surface area contributed by atoms with Gasteiger partial charge in [0.15, 0.2) is 0 Å². The quantitative estimate of drug-likeness (QED) is 0.505. The van der Waals surface area contributed by atoms with E-state index in [9.17, 15) is 13.2 Å². The maximum Gasteiger partial charge on any atom is 0.255 e. The highest BCUT2D eigenvalue weighted by Gasteiger charge is 2.16. The summed E-state index contributed by atoms with van der Waals surface area (Å²) in [5, 5.41) is 2.79. The monoisotopic (exact) mass is 434 g/mol. The van der Waals surface area contributed by atoms with Crippen molar-refractivity contribution < 1.29 is 17.9 Å². The first-order chi connectivity index (χ1) is 15.0. The molecule has 0 aromatic heterocycles. The highest BCUT2D eigenvalue weighted by Crippen LogP contribution is 2.25. The number of benzene rings is 3. The number of hydrogen-bond acceptors (Lipinski definition) is 4. The fourth-order valence-electron chi connectivity index (χ4n) is 2.84. The number of carbonyl (C=O) groups excluding carboxylic acids is 1. The molecule has 158 valence electrons. The van der Waals surface area contributed by atoms with Crippen LogP contribution in [0.1, 0.15) is 15.9 Å². The van der Waals surface area contributed by atoms with E-state index in [4.69, 9.17) is 11.2 Å². The molecule has 0 unspecified atom stereocenters. The van der Waals surface area contributed by atoms with E-state index < -0.39 is 15.9 Å². The van der Waals surface area contributed by atoms with E-state index in [0.717, 1.165) is 12.0 Å². The Kier molecular flexibility index (Phi) is 7.44. The highest BCUT2D eigenvalue weighted by atomic mass is 32.2. The molecule has 0 saturated heterocycles. The normalized spacial score (nSPS) is 10.8. The minimum Gasteiger partial charge on any atom is -0.491 e. The number of terminal acetylenes is 1. The van der Waals surface area contributed by atoms with Crippen LogP contribution >= 0.6 is 0 Å².